The summed E-state index contributed by atoms with van der Waals surface area (Å²) in [6, 6.07) is 9.84. The van der Waals surface area contributed by atoms with Crippen molar-refractivity contribution in [1.29, 1.82) is 5.26 Å². The van der Waals surface area contributed by atoms with Gasteiger partial charge in [0.25, 0.3) is 0 Å². The number of nitrogens with zero attached hydrogens (tertiary/aromatic N) is 2. The SMILES string of the molecule is Cc1nc(C)c(C(C)Nc2ccc(C#N)cc2)s1. The largest absolute Gasteiger partial charge is 0.378 e. The van der Waals surface area contributed by atoms with E-state index in [1.54, 1.807) is 11.3 Å². The molecule has 0 saturated carbocycles. The van der Waals surface area contributed by atoms with E-state index in [4.69, 9.17) is 5.26 Å². The second-order valence-corrected chi connectivity index (χ2v) is 5.47. The van der Waals surface area contributed by atoms with Gasteiger partial charge in [-0.05, 0) is 45.0 Å². The average Bonchev–Trinajstić information content (AvgIpc) is 2.69. The maximum absolute atomic E-state index is 8.75. The highest BCUT2D eigenvalue weighted by molar-refractivity contribution is 7.11. The number of anilines is 1. The van der Waals surface area contributed by atoms with Crippen LogP contribution in [0.5, 0.6) is 0 Å². The van der Waals surface area contributed by atoms with Gasteiger partial charge in [-0.2, -0.15) is 5.26 Å². The van der Waals surface area contributed by atoms with Crippen molar-refractivity contribution in [2.24, 2.45) is 0 Å². The van der Waals surface area contributed by atoms with E-state index in [0.717, 1.165) is 16.4 Å². The molecule has 92 valence electrons. The normalized spacial score (nSPS) is 11.9. The van der Waals surface area contributed by atoms with Gasteiger partial charge in [0.2, 0.25) is 0 Å². The van der Waals surface area contributed by atoms with Crippen molar-refractivity contribution in [1.82, 2.24) is 4.98 Å². The summed E-state index contributed by atoms with van der Waals surface area (Å²) in [6.45, 7) is 6.18. The van der Waals surface area contributed by atoms with Gasteiger partial charge in [0.05, 0.1) is 28.4 Å². The maximum Gasteiger partial charge on any atom is 0.0991 e. The van der Waals surface area contributed by atoms with Crippen molar-refractivity contribution in [2.45, 2.75) is 26.8 Å². The molecule has 1 unspecified atom stereocenters. The predicted molar refractivity (Wildman–Crippen MR) is 74.8 cm³/mol. The minimum absolute atomic E-state index is 0.226. The second kappa shape index (κ2) is 5.19. The number of hydrogen-bond acceptors (Lipinski definition) is 4. The molecule has 1 aromatic heterocycles. The van der Waals surface area contributed by atoms with Gasteiger partial charge in [0, 0.05) is 10.6 Å². The van der Waals surface area contributed by atoms with Crippen molar-refractivity contribution in [3.05, 3.63) is 45.4 Å². The summed E-state index contributed by atoms with van der Waals surface area (Å²) in [5.74, 6) is 0. The first-order valence-corrected chi connectivity index (χ1v) is 6.62. The van der Waals surface area contributed by atoms with Crippen LogP contribution in [0, 0.1) is 25.2 Å². The third kappa shape index (κ3) is 2.69. The van der Waals surface area contributed by atoms with E-state index in [1.807, 2.05) is 38.1 Å². The molecule has 1 aromatic carbocycles. The molecule has 0 spiro atoms. The highest BCUT2D eigenvalue weighted by Crippen LogP contribution is 2.27. The molecule has 0 aliphatic rings. The van der Waals surface area contributed by atoms with Gasteiger partial charge < -0.3 is 5.32 Å². The minimum Gasteiger partial charge on any atom is -0.378 e. The smallest absolute Gasteiger partial charge is 0.0991 e. The molecule has 4 heteroatoms. The monoisotopic (exact) mass is 257 g/mol. The van der Waals surface area contributed by atoms with E-state index in [1.165, 1.54) is 4.88 Å². The molecule has 0 aliphatic carbocycles. The van der Waals surface area contributed by atoms with Gasteiger partial charge in [-0.25, -0.2) is 4.98 Å². The minimum atomic E-state index is 0.226. The Labute approximate surface area is 111 Å². The lowest BCUT2D eigenvalue weighted by atomic mass is 10.2. The zero-order valence-corrected chi connectivity index (χ0v) is 11.5. The molecule has 0 saturated heterocycles. The van der Waals surface area contributed by atoms with Crippen molar-refractivity contribution in [2.75, 3.05) is 5.32 Å². The molecule has 0 fully saturated rings. The van der Waals surface area contributed by atoms with Crippen LogP contribution >= 0.6 is 11.3 Å². The average molecular weight is 257 g/mol. The topological polar surface area (TPSA) is 48.7 Å². The van der Waals surface area contributed by atoms with E-state index in [2.05, 4.69) is 23.3 Å². The number of nitriles is 1. The Hall–Kier alpha value is -1.86. The van der Waals surface area contributed by atoms with Crippen molar-refractivity contribution in [3.63, 3.8) is 0 Å². The second-order valence-electron chi connectivity index (χ2n) is 4.24. The molecular formula is C14H15N3S. The fraction of sp³-hybridized carbons (Fsp3) is 0.286. The molecule has 2 rings (SSSR count). The van der Waals surface area contributed by atoms with E-state index >= 15 is 0 Å². The van der Waals surface area contributed by atoms with E-state index in [-0.39, 0.29) is 6.04 Å². The van der Waals surface area contributed by atoms with Gasteiger partial charge in [-0.1, -0.05) is 0 Å². The fourth-order valence-corrected chi connectivity index (χ4v) is 2.84. The third-order valence-electron chi connectivity index (χ3n) is 2.73. The molecule has 2 aromatic rings. The standard InChI is InChI=1S/C14H15N3S/c1-9-14(18-11(3)16-9)10(2)17-13-6-4-12(8-15)5-7-13/h4-7,10,17H,1-3H3. The van der Waals surface area contributed by atoms with Gasteiger partial charge in [-0.15, -0.1) is 11.3 Å². The Morgan fingerprint density at radius 1 is 1.28 bits per heavy atom. The van der Waals surface area contributed by atoms with E-state index in [9.17, 15) is 0 Å². The molecule has 1 N–H and O–H groups in total. The van der Waals surface area contributed by atoms with Gasteiger partial charge >= 0.3 is 0 Å². The Morgan fingerprint density at radius 3 is 2.44 bits per heavy atom. The summed E-state index contributed by atoms with van der Waals surface area (Å²) >= 11 is 1.72. The Kier molecular flexibility index (Phi) is 3.63. The molecule has 0 amide bonds. The summed E-state index contributed by atoms with van der Waals surface area (Å²) in [5, 5.41) is 13.3. The number of thiazole rings is 1. The third-order valence-corrected chi connectivity index (χ3v) is 3.99. The first-order valence-electron chi connectivity index (χ1n) is 5.81. The van der Waals surface area contributed by atoms with Crippen LogP contribution in [0.1, 0.15) is 34.1 Å². The first kappa shape index (κ1) is 12.6. The van der Waals surface area contributed by atoms with E-state index < -0.39 is 0 Å². The molecule has 0 aliphatic heterocycles. The van der Waals surface area contributed by atoms with Gasteiger partial charge in [0.15, 0.2) is 0 Å². The van der Waals surface area contributed by atoms with Gasteiger partial charge in [-0.3, -0.25) is 0 Å². The number of rotatable bonds is 3. The van der Waals surface area contributed by atoms with Crippen LogP contribution in [0.2, 0.25) is 0 Å². The van der Waals surface area contributed by atoms with Crippen LogP contribution in [-0.2, 0) is 0 Å². The maximum atomic E-state index is 8.75. The van der Waals surface area contributed by atoms with Crippen molar-refractivity contribution in [3.8, 4) is 6.07 Å². The fourth-order valence-electron chi connectivity index (χ4n) is 1.91. The number of aromatic nitrogens is 1. The predicted octanol–water partition coefficient (Wildman–Crippen LogP) is 3.80. The molecule has 1 heterocycles. The van der Waals surface area contributed by atoms with Crippen LogP contribution in [0.15, 0.2) is 24.3 Å². The van der Waals surface area contributed by atoms with Crippen molar-refractivity contribution < 1.29 is 0 Å². The summed E-state index contributed by atoms with van der Waals surface area (Å²) < 4.78 is 0. The van der Waals surface area contributed by atoms with Crippen LogP contribution in [0.3, 0.4) is 0 Å². The van der Waals surface area contributed by atoms with Crippen LogP contribution in [0.4, 0.5) is 5.69 Å². The van der Waals surface area contributed by atoms with Gasteiger partial charge in [0.1, 0.15) is 0 Å². The summed E-state index contributed by atoms with van der Waals surface area (Å²) in [5.41, 5.74) is 2.79. The summed E-state index contributed by atoms with van der Waals surface area (Å²) in [6.07, 6.45) is 0. The number of benzene rings is 1. The Balaban J connectivity index is 2.13. The zero-order chi connectivity index (χ0) is 13.1. The highest BCUT2D eigenvalue weighted by Gasteiger charge is 2.12. The summed E-state index contributed by atoms with van der Waals surface area (Å²) in [7, 11) is 0. The van der Waals surface area contributed by atoms with Crippen LogP contribution in [0.25, 0.3) is 0 Å². The lowest BCUT2D eigenvalue weighted by Gasteiger charge is -2.14. The Morgan fingerprint density at radius 2 is 1.94 bits per heavy atom. The molecule has 3 nitrogen and oxygen atoms in total. The Bertz CT molecular complexity index is 578. The lowest BCUT2D eigenvalue weighted by molar-refractivity contribution is 0.890. The number of hydrogen-bond donors (Lipinski definition) is 1. The number of aryl methyl sites for hydroxylation is 2. The van der Waals surface area contributed by atoms with Crippen LogP contribution in [-0.4, -0.2) is 4.98 Å². The van der Waals surface area contributed by atoms with Crippen molar-refractivity contribution >= 4 is 17.0 Å². The van der Waals surface area contributed by atoms with Crippen LogP contribution < -0.4 is 5.32 Å². The number of nitrogens with one attached hydrogen (secondary N) is 1. The lowest BCUT2D eigenvalue weighted by Crippen LogP contribution is -2.06. The molecular weight excluding hydrogens is 242 g/mol. The van der Waals surface area contributed by atoms with E-state index in [0.29, 0.717) is 5.56 Å². The molecule has 18 heavy (non-hydrogen) atoms. The molecule has 0 radical (unpaired) electrons. The quantitative estimate of drug-likeness (QED) is 0.909. The molecule has 1 atom stereocenters. The molecule has 0 bridgehead atoms. The summed E-state index contributed by atoms with van der Waals surface area (Å²) in [4.78, 5) is 5.70. The highest BCUT2D eigenvalue weighted by atomic mass is 32.1. The zero-order valence-electron chi connectivity index (χ0n) is 10.7. The first-order chi connectivity index (χ1) is 8.60.